The number of esters is 1. The second kappa shape index (κ2) is 7.10. The standard InChI is InChI=1S/C17H24N4O2/c1-14-4-5-16-18-10-15(21(16)11-14)12-19-6-3-7-20(9-8-19)13-17(22)23-2/h4-5,10-11H,3,6-9,12-13H2,1-2H3. The van der Waals surface area contributed by atoms with E-state index in [0.717, 1.165) is 44.8 Å². The minimum atomic E-state index is -0.157. The van der Waals surface area contributed by atoms with Gasteiger partial charge in [-0.15, -0.1) is 0 Å². The van der Waals surface area contributed by atoms with Gasteiger partial charge in [-0.2, -0.15) is 0 Å². The van der Waals surface area contributed by atoms with E-state index in [0.29, 0.717) is 6.54 Å². The van der Waals surface area contributed by atoms with Crippen molar-refractivity contribution in [1.82, 2.24) is 19.2 Å². The Morgan fingerprint density at radius 2 is 2.00 bits per heavy atom. The van der Waals surface area contributed by atoms with Crippen LogP contribution in [0.25, 0.3) is 5.65 Å². The van der Waals surface area contributed by atoms with E-state index in [-0.39, 0.29) is 5.97 Å². The Morgan fingerprint density at radius 1 is 1.22 bits per heavy atom. The number of carbonyl (C=O) groups excluding carboxylic acids is 1. The maximum atomic E-state index is 11.4. The van der Waals surface area contributed by atoms with Gasteiger partial charge in [0.25, 0.3) is 0 Å². The number of aryl methyl sites for hydroxylation is 1. The van der Waals surface area contributed by atoms with Crippen LogP contribution in [-0.4, -0.2) is 65.0 Å². The molecule has 0 amide bonds. The van der Waals surface area contributed by atoms with Gasteiger partial charge in [-0.05, 0) is 31.5 Å². The van der Waals surface area contributed by atoms with Crippen molar-refractivity contribution in [3.8, 4) is 0 Å². The number of methoxy groups -OCH3 is 1. The normalized spacial score (nSPS) is 17.3. The predicted octanol–water partition coefficient (Wildman–Crippen LogP) is 1.32. The minimum absolute atomic E-state index is 0.157. The quantitative estimate of drug-likeness (QED) is 0.797. The van der Waals surface area contributed by atoms with E-state index in [4.69, 9.17) is 4.74 Å². The van der Waals surface area contributed by atoms with Crippen LogP contribution >= 0.6 is 0 Å². The van der Waals surface area contributed by atoms with Crippen molar-refractivity contribution in [2.75, 3.05) is 39.8 Å². The zero-order valence-corrected chi connectivity index (χ0v) is 13.9. The van der Waals surface area contributed by atoms with E-state index >= 15 is 0 Å². The molecule has 1 aliphatic heterocycles. The van der Waals surface area contributed by atoms with Crippen LogP contribution in [0.1, 0.15) is 17.7 Å². The fourth-order valence-corrected chi connectivity index (χ4v) is 3.07. The largest absolute Gasteiger partial charge is 0.468 e. The predicted molar refractivity (Wildman–Crippen MR) is 88.3 cm³/mol. The molecule has 1 saturated heterocycles. The second-order valence-electron chi connectivity index (χ2n) is 6.17. The summed E-state index contributed by atoms with van der Waals surface area (Å²) in [6.07, 6.45) is 5.16. The maximum Gasteiger partial charge on any atom is 0.319 e. The fraction of sp³-hybridized carbons (Fsp3) is 0.529. The molecule has 2 aromatic rings. The molecule has 0 radical (unpaired) electrons. The molecule has 1 aliphatic rings. The molecular weight excluding hydrogens is 292 g/mol. The lowest BCUT2D eigenvalue weighted by atomic mass is 10.3. The SMILES string of the molecule is COC(=O)CN1CCCN(Cc2cnc3ccc(C)cn23)CC1. The van der Waals surface area contributed by atoms with Crippen molar-refractivity contribution in [2.24, 2.45) is 0 Å². The molecule has 6 nitrogen and oxygen atoms in total. The Kier molecular flexibility index (Phi) is 4.93. The van der Waals surface area contributed by atoms with Crippen LogP contribution in [0.2, 0.25) is 0 Å². The molecule has 3 heterocycles. The number of ether oxygens (including phenoxy) is 1. The monoisotopic (exact) mass is 316 g/mol. The Morgan fingerprint density at radius 3 is 2.83 bits per heavy atom. The average molecular weight is 316 g/mol. The fourth-order valence-electron chi connectivity index (χ4n) is 3.07. The highest BCUT2D eigenvalue weighted by Crippen LogP contribution is 2.13. The number of rotatable bonds is 4. The molecular formula is C17H24N4O2. The lowest BCUT2D eigenvalue weighted by Crippen LogP contribution is -2.34. The summed E-state index contributed by atoms with van der Waals surface area (Å²) in [6.45, 7) is 7.20. The highest BCUT2D eigenvalue weighted by atomic mass is 16.5. The van der Waals surface area contributed by atoms with E-state index < -0.39 is 0 Å². The number of imidazole rings is 1. The number of hydrogen-bond acceptors (Lipinski definition) is 5. The van der Waals surface area contributed by atoms with Gasteiger partial charge in [-0.1, -0.05) is 6.07 Å². The topological polar surface area (TPSA) is 50.1 Å². The molecule has 6 heteroatoms. The molecule has 124 valence electrons. The van der Waals surface area contributed by atoms with Crippen LogP contribution in [0, 0.1) is 6.92 Å². The van der Waals surface area contributed by atoms with Crippen LogP contribution < -0.4 is 0 Å². The molecule has 0 unspecified atom stereocenters. The molecule has 0 aliphatic carbocycles. The summed E-state index contributed by atoms with van der Waals surface area (Å²) in [5.74, 6) is -0.157. The van der Waals surface area contributed by atoms with Gasteiger partial charge < -0.3 is 9.14 Å². The van der Waals surface area contributed by atoms with Crippen LogP contribution in [0.15, 0.2) is 24.5 Å². The zero-order chi connectivity index (χ0) is 16.2. The maximum absolute atomic E-state index is 11.4. The van der Waals surface area contributed by atoms with Crippen molar-refractivity contribution in [2.45, 2.75) is 19.9 Å². The van der Waals surface area contributed by atoms with Gasteiger partial charge in [-0.3, -0.25) is 14.6 Å². The van der Waals surface area contributed by atoms with Gasteiger partial charge in [0.2, 0.25) is 0 Å². The molecule has 2 aromatic heterocycles. The molecule has 3 rings (SSSR count). The molecule has 0 aromatic carbocycles. The lowest BCUT2D eigenvalue weighted by Gasteiger charge is -2.20. The third kappa shape index (κ3) is 3.89. The van der Waals surface area contributed by atoms with Gasteiger partial charge in [0, 0.05) is 32.4 Å². The number of pyridine rings is 1. The van der Waals surface area contributed by atoms with Gasteiger partial charge in [-0.25, -0.2) is 4.98 Å². The molecule has 23 heavy (non-hydrogen) atoms. The summed E-state index contributed by atoms with van der Waals surface area (Å²) in [4.78, 5) is 20.5. The molecule has 0 saturated carbocycles. The first-order chi connectivity index (χ1) is 11.2. The van der Waals surface area contributed by atoms with Crippen molar-refractivity contribution in [1.29, 1.82) is 0 Å². The van der Waals surface area contributed by atoms with Gasteiger partial charge >= 0.3 is 5.97 Å². The van der Waals surface area contributed by atoms with E-state index in [2.05, 4.69) is 44.4 Å². The molecule has 1 fully saturated rings. The number of carbonyl (C=O) groups is 1. The number of fused-ring (bicyclic) bond motifs is 1. The highest BCUT2D eigenvalue weighted by Gasteiger charge is 2.18. The highest BCUT2D eigenvalue weighted by molar-refractivity contribution is 5.71. The van der Waals surface area contributed by atoms with Crippen molar-refractivity contribution in [3.05, 3.63) is 35.8 Å². The Labute approximate surface area is 136 Å². The molecule has 0 bridgehead atoms. The molecule has 0 atom stereocenters. The third-order valence-electron chi connectivity index (χ3n) is 4.38. The first-order valence-corrected chi connectivity index (χ1v) is 8.10. The zero-order valence-electron chi connectivity index (χ0n) is 13.9. The van der Waals surface area contributed by atoms with E-state index in [1.807, 2.05) is 6.20 Å². The summed E-state index contributed by atoms with van der Waals surface area (Å²) < 4.78 is 6.93. The average Bonchev–Trinajstić information content (AvgIpc) is 2.79. The molecule has 0 N–H and O–H groups in total. The third-order valence-corrected chi connectivity index (χ3v) is 4.38. The van der Waals surface area contributed by atoms with Gasteiger partial charge in [0.05, 0.1) is 25.5 Å². The first kappa shape index (κ1) is 16.0. The van der Waals surface area contributed by atoms with Crippen LogP contribution in [-0.2, 0) is 16.1 Å². The van der Waals surface area contributed by atoms with Crippen molar-refractivity contribution < 1.29 is 9.53 Å². The number of hydrogen-bond donors (Lipinski definition) is 0. The summed E-state index contributed by atoms with van der Waals surface area (Å²) in [5.41, 5.74) is 3.44. The van der Waals surface area contributed by atoms with Crippen molar-refractivity contribution in [3.63, 3.8) is 0 Å². The van der Waals surface area contributed by atoms with Crippen molar-refractivity contribution >= 4 is 11.6 Å². The van der Waals surface area contributed by atoms with E-state index in [1.165, 1.54) is 18.4 Å². The van der Waals surface area contributed by atoms with E-state index in [9.17, 15) is 4.79 Å². The van der Waals surface area contributed by atoms with Crippen LogP contribution in [0.3, 0.4) is 0 Å². The lowest BCUT2D eigenvalue weighted by molar-refractivity contribution is -0.141. The minimum Gasteiger partial charge on any atom is -0.468 e. The Balaban J connectivity index is 1.64. The Hall–Kier alpha value is -1.92. The second-order valence-corrected chi connectivity index (χ2v) is 6.17. The van der Waals surface area contributed by atoms with Gasteiger partial charge in [0.1, 0.15) is 5.65 Å². The summed E-state index contributed by atoms with van der Waals surface area (Å²) >= 11 is 0. The van der Waals surface area contributed by atoms with Crippen LogP contribution in [0.4, 0.5) is 0 Å². The number of aromatic nitrogens is 2. The summed E-state index contributed by atoms with van der Waals surface area (Å²) in [7, 11) is 1.44. The number of nitrogens with zero attached hydrogens (tertiary/aromatic N) is 4. The smallest absolute Gasteiger partial charge is 0.319 e. The molecule has 0 spiro atoms. The van der Waals surface area contributed by atoms with E-state index in [1.54, 1.807) is 0 Å². The first-order valence-electron chi connectivity index (χ1n) is 8.10. The van der Waals surface area contributed by atoms with Crippen LogP contribution in [0.5, 0.6) is 0 Å². The Bertz CT molecular complexity index is 682. The summed E-state index contributed by atoms with van der Waals surface area (Å²) in [6, 6.07) is 4.14. The van der Waals surface area contributed by atoms with Gasteiger partial charge in [0.15, 0.2) is 0 Å². The summed E-state index contributed by atoms with van der Waals surface area (Å²) in [5, 5.41) is 0.